The third-order valence-corrected chi connectivity index (χ3v) is 4.24. The molecule has 0 aromatic carbocycles. The molecule has 0 saturated heterocycles. The molecule has 3 heterocycles. The number of aryl methyl sites for hydroxylation is 3. The minimum absolute atomic E-state index is 0.362. The average molecular weight is 309 g/mol. The minimum atomic E-state index is 0.362. The van der Waals surface area contributed by atoms with Crippen LogP contribution >= 0.6 is 23.1 Å². The maximum absolute atomic E-state index is 6.15. The van der Waals surface area contributed by atoms with Crippen molar-refractivity contribution in [2.45, 2.75) is 33.6 Å². The summed E-state index contributed by atoms with van der Waals surface area (Å²) < 4.78 is 5.97. The fourth-order valence-corrected chi connectivity index (χ4v) is 3.03. The molecule has 0 N–H and O–H groups in total. The van der Waals surface area contributed by atoms with E-state index in [1.807, 2.05) is 18.2 Å². The second-order valence-electron chi connectivity index (χ2n) is 4.55. The molecular formula is C12H13ClN6S. The van der Waals surface area contributed by atoms with Gasteiger partial charge in [-0.2, -0.15) is 0 Å². The number of hydrogen-bond donors (Lipinski definition) is 0. The Labute approximate surface area is 125 Å². The van der Waals surface area contributed by atoms with Crippen molar-refractivity contribution in [2.24, 2.45) is 0 Å². The van der Waals surface area contributed by atoms with Crippen molar-refractivity contribution in [3.05, 3.63) is 22.2 Å². The molecule has 3 aromatic rings. The van der Waals surface area contributed by atoms with Gasteiger partial charge >= 0.3 is 0 Å². The average Bonchev–Trinajstić information content (AvgIpc) is 3.02. The summed E-state index contributed by atoms with van der Waals surface area (Å²) in [6.07, 6.45) is 1.88. The SMILES string of the molecule is CCCc1nnsc1-c1nnc2c(Cl)nc(C)c(C)n12. The van der Waals surface area contributed by atoms with Gasteiger partial charge in [0.05, 0.1) is 11.4 Å². The van der Waals surface area contributed by atoms with Gasteiger partial charge in [0.25, 0.3) is 0 Å². The van der Waals surface area contributed by atoms with Crippen LogP contribution in [0, 0.1) is 13.8 Å². The van der Waals surface area contributed by atoms with Gasteiger partial charge in [-0.1, -0.05) is 29.4 Å². The lowest BCUT2D eigenvalue weighted by atomic mass is 10.2. The van der Waals surface area contributed by atoms with Crippen molar-refractivity contribution in [2.75, 3.05) is 0 Å². The van der Waals surface area contributed by atoms with E-state index in [0.717, 1.165) is 40.6 Å². The second kappa shape index (κ2) is 5.06. The van der Waals surface area contributed by atoms with E-state index in [1.165, 1.54) is 11.5 Å². The van der Waals surface area contributed by atoms with Crippen LogP contribution in [0.4, 0.5) is 0 Å². The van der Waals surface area contributed by atoms with Crippen LogP contribution in [-0.2, 0) is 6.42 Å². The zero-order valence-corrected chi connectivity index (χ0v) is 13.0. The number of hydrogen-bond acceptors (Lipinski definition) is 6. The molecule has 0 unspecified atom stereocenters. The molecule has 3 rings (SSSR count). The molecule has 20 heavy (non-hydrogen) atoms. The number of nitrogens with zero attached hydrogens (tertiary/aromatic N) is 6. The van der Waals surface area contributed by atoms with E-state index in [2.05, 4.69) is 31.7 Å². The van der Waals surface area contributed by atoms with Gasteiger partial charge in [-0.15, -0.1) is 15.3 Å². The van der Waals surface area contributed by atoms with Crippen LogP contribution in [0.15, 0.2) is 0 Å². The smallest absolute Gasteiger partial charge is 0.199 e. The quantitative estimate of drug-likeness (QED) is 0.744. The molecule has 104 valence electrons. The van der Waals surface area contributed by atoms with Crippen molar-refractivity contribution >= 4 is 28.8 Å². The third kappa shape index (κ3) is 1.97. The lowest BCUT2D eigenvalue weighted by molar-refractivity contribution is 0.868. The molecule has 6 nitrogen and oxygen atoms in total. The van der Waals surface area contributed by atoms with Gasteiger partial charge in [0.15, 0.2) is 16.6 Å². The van der Waals surface area contributed by atoms with Gasteiger partial charge in [-0.25, -0.2) is 4.98 Å². The van der Waals surface area contributed by atoms with E-state index in [4.69, 9.17) is 11.6 Å². The van der Waals surface area contributed by atoms with Gasteiger partial charge in [0, 0.05) is 5.69 Å². The lowest BCUT2D eigenvalue weighted by Gasteiger charge is -2.06. The summed E-state index contributed by atoms with van der Waals surface area (Å²) >= 11 is 7.48. The fraction of sp³-hybridized carbons (Fsp3) is 0.417. The molecule has 0 aliphatic heterocycles. The molecule has 0 bridgehead atoms. The van der Waals surface area contributed by atoms with Crippen molar-refractivity contribution in [3.8, 4) is 10.7 Å². The summed E-state index contributed by atoms with van der Waals surface area (Å²) in [5, 5.41) is 13.0. The van der Waals surface area contributed by atoms with Crippen molar-refractivity contribution in [1.29, 1.82) is 0 Å². The Morgan fingerprint density at radius 3 is 2.75 bits per heavy atom. The van der Waals surface area contributed by atoms with Gasteiger partial charge < -0.3 is 0 Å². The highest BCUT2D eigenvalue weighted by Crippen LogP contribution is 2.28. The summed E-state index contributed by atoms with van der Waals surface area (Å²) in [5.41, 5.74) is 3.36. The summed E-state index contributed by atoms with van der Waals surface area (Å²) in [7, 11) is 0. The Bertz CT molecular complexity index is 778. The molecule has 0 aliphatic rings. The van der Waals surface area contributed by atoms with Gasteiger partial charge in [0.1, 0.15) is 4.88 Å². The van der Waals surface area contributed by atoms with Crippen molar-refractivity contribution in [1.82, 2.24) is 29.2 Å². The number of fused-ring (bicyclic) bond motifs is 1. The molecule has 0 amide bonds. The molecule has 8 heteroatoms. The Hall–Kier alpha value is -1.60. The number of halogens is 1. The van der Waals surface area contributed by atoms with Gasteiger partial charge in [-0.05, 0) is 31.8 Å². The molecule has 0 saturated carbocycles. The predicted octanol–water partition coefficient (Wildman–Crippen LogP) is 2.87. The van der Waals surface area contributed by atoms with E-state index < -0.39 is 0 Å². The summed E-state index contributed by atoms with van der Waals surface area (Å²) in [6, 6.07) is 0. The van der Waals surface area contributed by atoms with Crippen LogP contribution in [0.5, 0.6) is 0 Å². The first-order valence-electron chi connectivity index (χ1n) is 6.33. The van der Waals surface area contributed by atoms with E-state index in [-0.39, 0.29) is 0 Å². The Morgan fingerprint density at radius 1 is 1.20 bits per heavy atom. The maximum Gasteiger partial charge on any atom is 0.199 e. The largest absolute Gasteiger partial charge is 0.274 e. The maximum atomic E-state index is 6.15. The summed E-state index contributed by atoms with van der Waals surface area (Å²) in [4.78, 5) is 5.22. The normalized spacial score (nSPS) is 11.4. The molecule has 0 atom stereocenters. The van der Waals surface area contributed by atoms with Crippen LogP contribution in [0.25, 0.3) is 16.3 Å². The zero-order valence-electron chi connectivity index (χ0n) is 11.4. The van der Waals surface area contributed by atoms with Crippen LogP contribution < -0.4 is 0 Å². The highest BCUT2D eigenvalue weighted by atomic mass is 35.5. The van der Waals surface area contributed by atoms with E-state index in [0.29, 0.717) is 10.8 Å². The molecule has 0 spiro atoms. The van der Waals surface area contributed by atoms with Crippen LogP contribution in [-0.4, -0.2) is 29.2 Å². The first-order chi connectivity index (χ1) is 9.63. The van der Waals surface area contributed by atoms with E-state index in [9.17, 15) is 0 Å². The number of aromatic nitrogens is 6. The Kier molecular flexibility index (Phi) is 3.39. The Balaban J connectivity index is 2.29. The summed E-state index contributed by atoms with van der Waals surface area (Å²) in [6.45, 7) is 6.01. The minimum Gasteiger partial charge on any atom is -0.274 e. The first kappa shape index (κ1) is 13.4. The van der Waals surface area contributed by atoms with Crippen LogP contribution in [0.1, 0.15) is 30.4 Å². The van der Waals surface area contributed by atoms with E-state index in [1.54, 1.807) is 0 Å². The Morgan fingerprint density at radius 2 is 2.00 bits per heavy atom. The molecule has 0 aliphatic carbocycles. The lowest BCUT2D eigenvalue weighted by Crippen LogP contribution is -2.01. The highest BCUT2D eigenvalue weighted by Gasteiger charge is 2.20. The van der Waals surface area contributed by atoms with E-state index >= 15 is 0 Å². The van der Waals surface area contributed by atoms with Gasteiger partial charge in [-0.3, -0.25) is 4.40 Å². The summed E-state index contributed by atoms with van der Waals surface area (Å²) in [5.74, 6) is 0.739. The monoisotopic (exact) mass is 308 g/mol. The fourth-order valence-electron chi connectivity index (χ4n) is 2.10. The van der Waals surface area contributed by atoms with Crippen LogP contribution in [0.2, 0.25) is 5.15 Å². The topological polar surface area (TPSA) is 68.9 Å². The van der Waals surface area contributed by atoms with Crippen molar-refractivity contribution in [3.63, 3.8) is 0 Å². The molecule has 0 radical (unpaired) electrons. The van der Waals surface area contributed by atoms with Crippen LogP contribution in [0.3, 0.4) is 0 Å². The molecule has 3 aromatic heterocycles. The second-order valence-corrected chi connectivity index (χ2v) is 5.67. The first-order valence-corrected chi connectivity index (χ1v) is 7.48. The standard InChI is InChI=1S/C12H13ClN6S/c1-4-5-8-9(20-18-15-8)11-16-17-12-10(13)14-6(2)7(3)19(11)12/h4-5H2,1-3H3. The highest BCUT2D eigenvalue weighted by molar-refractivity contribution is 7.09. The van der Waals surface area contributed by atoms with Crippen molar-refractivity contribution < 1.29 is 0 Å². The van der Waals surface area contributed by atoms with Gasteiger partial charge in [0.2, 0.25) is 0 Å². The number of rotatable bonds is 3. The molecule has 0 fully saturated rings. The zero-order chi connectivity index (χ0) is 14.3. The molecular weight excluding hydrogens is 296 g/mol. The third-order valence-electron chi connectivity index (χ3n) is 3.22. The predicted molar refractivity (Wildman–Crippen MR) is 78.2 cm³/mol.